The van der Waals surface area contributed by atoms with Crippen LogP contribution in [0.5, 0.6) is 0 Å². The number of hydrogen-bond donors (Lipinski definition) is 0. The Bertz CT molecular complexity index is 457. The number of hydrogen-bond acceptors (Lipinski definition) is 5. The molecule has 0 radical (unpaired) electrons. The molecule has 2 unspecified atom stereocenters. The van der Waals surface area contributed by atoms with Gasteiger partial charge in [-0.1, -0.05) is 6.92 Å². The van der Waals surface area contributed by atoms with Crippen molar-refractivity contribution >= 4 is 5.97 Å². The maximum Gasteiger partial charge on any atom is 0.376 e. The molecule has 2 rings (SSSR count). The van der Waals surface area contributed by atoms with Crippen molar-refractivity contribution in [3.05, 3.63) is 11.6 Å². The Hall–Kier alpha value is -1.43. The van der Waals surface area contributed by atoms with Crippen LogP contribution in [0.15, 0.2) is 0 Å². The first-order valence-electron chi connectivity index (χ1n) is 6.81. The molecule has 6 heteroatoms. The number of aryl methyl sites for hydroxylation is 1. The Labute approximate surface area is 113 Å². The second kappa shape index (κ2) is 5.69. The molecule has 0 spiro atoms. The maximum absolute atomic E-state index is 11.9. The lowest BCUT2D eigenvalue weighted by atomic mass is 9.93. The largest absolute Gasteiger partial charge is 0.460 e. The minimum atomic E-state index is -0.380. The standard InChI is InChI=1S/C13H22N4O2/c1-5-19-13(18)12-15-14-10(3)17(12)11-6-7-16(4)8-9(11)2/h9,11H,5-8H2,1-4H3. The number of likely N-dealkylation sites (tertiary alicyclic amines) is 1. The third kappa shape index (κ3) is 2.78. The van der Waals surface area contributed by atoms with Gasteiger partial charge in [0.2, 0.25) is 5.82 Å². The quantitative estimate of drug-likeness (QED) is 0.771. The van der Waals surface area contributed by atoms with Crippen LogP contribution in [0, 0.1) is 12.8 Å². The van der Waals surface area contributed by atoms with Gasteiger partial charge in [-0.3, -0.25) is 0 Å². The number of rotatable bonds is 3. The molecule has 1 fully saturated rings. The molecule has 0 aliphatic carbocycles. The zero-order valence-corrected chi connectivity index (χ0v) is 12.1. The van der Waals surface area contributed by atoms with E-state index in [2.05, 4.69) is 29.1 Å². The lowest BCUT2D eigenvalue weighted by Gasteiger charge is -2.36. The van der Waals surface area contributed by atoms with E-state index in [0.29, 0.717) is 18.3 Å². The topological polar surface area (TPSA) is 60.2 Å². The monoisotopic (exact) mass is 266 g/mol. The summed E-state index contributed by atoms with van der Waals surface area (Å²) in [6, 6.07) is 0.269. The fourth-order valence-corrected chi connectivity index (χ4v) is 2.83. The Morgan fingerprint density at radius 2 is 2.21 bits per heavy atom. The molecule has 0 bridgehead atoms. The lowest BCUT2D eigenvalue weighted by molar-refractivity contribution is 0.0494. The number of aromatic nitrogens is 3. The summed E-state index contributed by atoms with van der Waals surface area (Å²) in [4.78, 5) is 14.2. The Balaban J connectivity index is 2.28. The molecule has 2 heterocycles. The minimum absolute atomic E-state index is 0.269. The molecule has 6 nitrogen and oxygen atoms in total. The van der Waals surface area contributed by atoms with Crippen LogP contribution in [0.1, 0.15) is 42.8 Å². The van der Waals surface area contributed by atoms with Crippen LogP contribution in [0.2, 0.25) is 0 Å². The summed E-state index contributed by atoms with van der Waals surface area (Å²) < 4.78 is 7.01. The van der Waals surface area contributed by atoms with Gasteiger partial charge in [-0.05, 0) is 39.8 Å². The minimum Gasteiger partial charge on any atom is -0.460 e. The average Bonchev–Trinajstić information content (AvgIpc) is 2.72. The summed E-state index contributed by atoms with van der Waals surface area (Å²) in [5.41, 5.74) is 0. The van der Waals surface area contributed by atoms with E-state index in [-0.39, 0.29) is 12.0 Å². The highest BCUT2D eigenvalue weighted by molar-refractivity contribution is 5.85. The highest BCUT2D eigenvalue weighted by Crippen LogP contribution is 2.29. The number of carbonyl (C=O) groups excluding carboxylic acids is 1. The summed E-state index contributed by atoms with van der Waals surface area (Å²) in [7, 11) is 2.12. The van der Waals surface area contributed by atoms with Crippen LogP contribution in [-0.4, -0.2) is 52.4 Å². The highest BCUT2D eigenvalue weighted by atomic mass is 16.5. The van der Waals surface area contributed by atoms with E-state index in [0.717, 1.165) is 25.3 Å². The number of ether oxygens (including phenoxy) is 1. The molecule has 1 saturated heterocycles. The predicted molar refractivity (Wildman–Crippen MR) is 71.0 cm³/mol. The molecule has 19 heavy (non-hydrogen) atoms. The van der Waals surface area contributed by atoms with E-state index in [1.165, 1.54) is 0 Å². The van der Waals surface area contributed by atoms with Crippen molar-refractivity contribution in [2.45, 2.75) is 33.2 Å². The maximum atomic E-state index is 11.9. The first-order chi connectivity index (χ1) is 9.04. The number of nitrogens with zero attached hydrogens (tertiary/aromatic N) is 4. The van der Waals surface area contributed by atoms with E-state index in [4.69, 9.17) is 4.74 Å². The third-order valence-electron chi connectivity index (χ3n) is 3.72. The Morgan fingerprint density at radius 1 is 1.47 bits per heavy atom. The zero-order chi connectivity index (χ0) is 14.0. The summed E-state index contributed by atoms with van der Waals surface area (Å²) in [5, 5.41) is 8.03. The van der Waals surface area contributed by atoms with Crippen LogP contribution in [0.4, 0.5) is 0 Å². The molecule has 0 N–H and O–H groups in total. The molecule has 1 aliphatic heterocycles. The van der Waals surface area contributed by atoms with Crippen molar-refractivity contribution in [1.82, 2.24) is 19.7 Å². The van der Waals surface area contributed by atoms with Gasteiger partial charge in [-0.25, -0.2) is 4.79 Å². The number of esters is 1. The molecule has 0 saturated carbocycles. The molecule has 1 aromatic heterocycles. The van der Waals surface area contributed by atoms with Crippen LogP contribution in [0.3, 0.4) is 0 Å². The fraction of sp³-hybridized carbons (Fsp3) is 0.769. The van der Waals surface area contributed by atoms with Gasteiger partial charge in [-0.2, -0.15) is 0 Å². The van der Waals surface area contributed by atoms with Crippen LogP contribution >= 0.6 is 0 Å². The van der Waals surface area contributed by atoms with Gasteiger partial charge < -0.3 is 14.2 Å². The van der Waals surface area contributed by atoms with Gasteiger partial charge >= 0.3 is 5.97 Å². The predicted octanol–water partition coefficient (Wildman–Crippen LogP) is 1.28. The molecular formula is C13H22N4O2. The molecule has 106 valence electrons. The van der Waals surface area contributed by atoms with Gasteiger partial charge in [0.25, 0.3) is 0 Å². The van der Waals surface area contributed by atoms with Gasteiger partial charge in [0.05, 0.1) is 6.61 Å². The molecule has 1 aromatic rings. The molecule has 0 amide bonds. The van der Waals surface area contributed by atoms with Gasteiger partial charge in [0, 0.05) is 12.6 Å². The van der Waals surface area contributed by atoms with Crippen molar-refractivity contribution in [2.75, 3.05) is 26.7 Å². The van der Waals surface area contributed by atoms with Crippen LogP contribution < -0.4 is 0 Å². The Kier molecular flexibility index (Phi) is 4.19. The zero-order valence-electron chi connectivity index (χ0n) is 12.1. The van der Waals surface area contributed by atoms with E-state index in [1.807, 2.05) is 11.5 Å². The van der Waals surface area contributed by atoms with E-state index in [1.54, 1.807) is 6.92 Å². The van der Waals surface area contributed by atoms with E-state index >= 15 is 0 Å². The fourth-order valence-electron chi connectivity index (χ4n) is 2.83. The normalized spacial score (nSPS) is 24.4. The van der Waals surface area contributed by atoms with Crippen molar-refractivity contribution < 1.29 is 9.53 Å². The average molecular weight is 266 g/mol. The number of piperidine rings is 1. The van der Waals surface area contributed by atoms with Crippen LogP contribution in [-0.2, 0) is 4.74 Å². The van der Waals surface area contributed by atoms with Crippen molar-refractivity contribution in [3.8, 4) is 0 Å². The van der Waals surface area contributed by atoms with E-state index in [9.17, 15) is 4.79 Å². The molecule has 1 aliphatic rings. The first kappa shape index (κ1) is 14.0. The van der Waals surface area contributed by atoms with Crippen molar-refractivity contribution in [3.63, 3.8) is 0 Å². The van der Waals surface area contributed by atoms with Crippen LogP contribution in [0.25, 0.3) is 0 Å². The van der Waals surface area contributed by atoms with E-state index < -0.39 is 0 Å². The second-order valence-electron chi connectivity index (χ2n) is 5.26. The summed E-state index contributed by atoms with van der Waals surface area (Å²) in [5.74, 6) is 1.20. The lowest BCUT2D eigenvalue weighted by Crippen LogP contribution is -2.39. The number of carbonyl (C=O) groups is 1. The first-order valence-corrected chi connectivity index (χ1v) is 6.81. The van der Waals surface area contributed by atoms with Crippen molar-refractivity contribution in [1.29, 1.82) is 0 Å². The Morgan fingerprint density at radius 3 is 2.84 bits per heavy atom. The molecule has 2 atom stereocenters. The molecular weight excluding hydrogens is 244 g/mol. The van der Waals surface area contributed by atoms with Gasteiger partial charge in [-0.15, -0.1) is 10.2 Å². The summed E-state index contributed by atoms with van der Waals surface area (Å²) >= 11 is 0. The highest BCUT2D eigenvalue weighted by Gasteiger charge is 2.31. The van der Waals surface area contributed by atoms with Crippen molar-refractivity contribution in [2.24, 2.45) is 5.92 Å². The third-order valence-corrected chi connectivity index (χ3v) is 3.72. The molecule has 0 aromatic carbocycles. The summed E-state index contributed by atoms with van der Waals surface area (Å²) in [6.07, 6.45) is 1.00. The van der Waals surface area contributed by atoms with Gasteiger partial charge in [0.15, 0.2) is 0 Å². The SMILES string of the molecule is CCOC(=O)c1nnc(C)n1C1CCN(C)CC1C. The summed E-state index contributed by atoms with van der Waals surface area (Å²) in [6.45, 7) is 8.28. The smallest absolute Gasteiger partial charge is 0.376 e. The second-order valence-corrected chi connectivity index (χ2v) is 5.26. The van der Waals surface area contributed by atoms with Gasteiger partial charge in [0.1, 0.15) is 5.82 Å².